The monoisotopic (exact) mass is 306 g/mol. The summed E-state index contributed by atoms with van der Waals surface area (Å²) < 4.78 is 1.72. The Kier molecular flexibility index (Phi) is 5.16. The highest BCUT2D eigenvalue weighted by atomic mass is 35.5. The smallest absolute Gasteiger partial charge is 0.191 e. The van der Waals surface area contributed by atoms with Gasteiger partial charge >= 0.3 is 0 Å². The third-order valence-electron chi connectivity index (χ3n) is 3.14. The van der Waals surface area contributed by atoms with Gasteiger partial charge in [0.2, 0.25) is 0 Å². The van der Waals surface area contributed by atoms with E-state index >= 15 is 0 Å². The molecule has 6 nitrogen and oxygen atoms in total. The van der Waals surface area contributed by atoms with Crippen LogP contribution in [-0.2, 0) is 13.6 Å². The first-order valence-electron chi connectivity index (χ1n) is 6.65. The summed E-state index contributed by atoms with van der Waals surface area (Å²) in [6.45, 7) is 2.61. The number of aromatic nitrogens is 3. The van der Waals surface area contributed by atoms with Crippen molar-refractivity contribution in [3.8, 4) is 0 Å². The summed E-state index contributed by atoms with van der Waals surface area (Å²) in [4.78, 5) is 8.37. The summed E-state index contributed by atoms with van der Waals surface area (Å²) in [5, 5.41) is 11.3. The molecule has 0 bridgehead atoms. The van der Waals surface area contributed by atoms with Gasteiger partial charge in [-0.15, -0.1) is 0 Å². The van der Waals surface area contributed by atoms with Crippen molar-refractivity contribution in [2.24, 2.45) is 12.0 Å². The lowest BCUT2D eigenvalue weighted by atomic mass is 10.1. The molecule has 0 radical (unpaired) electrons. The molecule has 2 rings (SSSR count). The number of aliphatic imine (C=N–C) groups is 1. The maximum atomic E-state index is 6.01. The van der Waals surface area contributed by atoms with Crippen LogP contribution in [0, 0.1) is 0 Å². The van der Waals surface area contributed by atoms with Crippen molar-refractivity contribution >= 4 is 17.6 Å². The Hall–Kier alpha value is -2.08. The zero-order chi connectivity index (χ0) is 15.2. The topological polar surface area (TPSA) is 67.1 Å². The maximum absolute atomic E-state index is 6.01. The Labute approximate surface area is 129 Å². The number of aryl methyl sites for hydroxylation is 1. The highest BCUT2D eigenvalue weighted by Gasteiger charge is 2.09. The fourth-order valence-corrected chi connectivity index (χ4v) is 2.10. The van der Waals surface area contributed by atoms with Crippen LogP contribution in [0.4, 0.5) is 0 Å². The van der Waals surface area contributed by atoms with E-state index in [-0.39, 0.29) is 6.04 Å². The van der Waals surface area contributed by atoms with Crippen LogP contribution >= 0.6 is 11.6 Å². The number of benzene rings is 1. The van der Waals surface area contributed by atoms with Crippen molar-refractivity contribution < 1.29 is 0 Å². The lowest BCUT2D eigenvalue weighted by Gasteiger charge is -2.18. The van der Waals surface area contributed by atoms with Gasteiger partial charge in [0, 0.05) is 19.1 Å². The number of hydrogen-bond acceptors (Lipinski definition) is 3. The van der Waals surface area contributed by atoms with E-state index in [1.54, 1.807) is 11.7 Å². The fourth-order valence-electron chi connectivity index (χ4n) is 1.90. The van der Waals surface area contributed by atoms with Gasteiger partial charge in [0.1, 0.15) is 12.2 Å². The van der Waals surface area contributed by atoms with Gasteiger partial charge < -0.3 is 10.6 Å². The van der Waals surface area contributed by atoms with Crippen LogP contribution < -0.4 is 10.6 Å². The summed E-state index contributed by atoms with van der Waals surface area (Å²) in [7, 11) is 3.59. The number of guanidine groups is 1. The van der Waals surface area contributed by atoms with E-state index in [2.05, 4.69) is 32.6 Å². The molecule has 1 atom stereocenters. The average Bonchev–Trinajstić information content (AvgIpc) is 2.88. The number of nitrogens with one attached hydrogen (secondary N) is 2. The van der Waals surface area contributed by atoms with Crippen LogP contribution in [-0.4, -0.2) is 27.8 Å². The molecule has 0 aliphatic rings. The van der Waals surface area contributed by atoms with Crippen molar-refractivity contribution in [1.82, 2.24) is 25.4 Å². The molecule has 112 valence electrons. The molecule has 0 fully saturated rings. The minimum atomic E-state index is 0.0920. The van der Waals surface area contributed by atoms with E-state index in [9.17, 15) is 0 Å². The third kappa shape index (κ3) is 4.19. The summed E-state index contributed by atoms with van der Waals surface area (Å²) in [5.41, 5.74) is 1.10. The second-order valence-electron chi connectivity index (χ2n) is 4.65. The van der Waals surface area contributed by atoms with Crippen LogP contribution in [0.25, 0.3) is 0 Å². The summed E-state index contributed by atoms with van der Waals surface area (Å²) in [6.07, 6.45) is 1.53. The number of nitrogens with zero attached hydrogens (tertiary/aromatic N) is 4. The third-order valence-corrected chi connectivity index (χ3v) is 3.38. The van der Waals surface area contributed by atoms with Gasteiger partial charge in [-0.3, -0.25) is 9.67 Å². The van der Waals surface area contributed by atoms with E-state index in [1.165, 1.54) is 6.33 Å². The van der Waals surface area contributed by atoms with Crippen LogP contribution in [0.15, 0.2) is 35.6 Å². The van der Waals surface area contributed by atoms with E-state index < -0.39 is 0 Å². The maximum Gasteiger partial charge on any atom is 0.191 e. The molecule has 1 aromatic carbocycles. The predicted molar refractivity (Wildman–Crippen MR) is 84.2 cm³/mol. The largest absolute Gasteiger partial charge is 0.350 e. The molecule has 1 heterocycles. The van der Waals surface area contributed by atoms with Gasteiger partial charge in [0.15, 0.2) is 5.96 Å². The van der Waals surface area contributed by atoms with Crippen molar-refractivity contribution in [1.29, 1.82) is 0 Å². The summed E-state index contributed by atoms with van der Waals surface area (Å²) >= 11 is 6.01. The van der Waals surface area contributed by atoms with Crippen LogP contribution in [0.5, 0.6) is 0 Å². The summed E-state index contributed by atoms with van der Waals surface area (Å²) in [5.74, 6) is 1.54. The molecular formula is C14H19ClN6. The molecule has 2 N–H and O–H groups in total. The first-order chi connectivity index (χ1) is 10.1. The molecular weight excluding hydrogens is 288 g/mol. The zero-order valence-corrected chi connectivity index (χ0v) is 13.1. The van der Waals surface area contributed by atoms with Crippen LogP contribution in [0.2, 0.25) is 5.02 Å². The zero-order valence-electron chi connectivity index (χ0n) is 12.3. The molecule has 0 aliphatic carbocycles. The Bertz CT molecular complexity index is 621. The van der Waals surface area contributed by atoms with Crippen molar-refractivity contribution in [2.45, 2.75) is 19.5 Å². The fraction of sp³-hybridized carbons (Fsp3) is 0.357. The Morgan fingerprint density at radius 3 is 2.90 bits per heavy atom. The SMILES string of the molecule is CN=C(NCc1ncnn1C)NC(C)c1cccc(Cl)c1. The first kappa shape index (κ1) is 15.3. The van der Waals surface area contributed by atoms with E-state index in [1.807, 2.05) is 31.3 Å². The normalized spacial score (nSPS) is 13.0. The van der Waals surface area contributed by atoms with E-state index in [4.69, 9.17) is 11.6 Å². The van der Waals surface area contributed by atoms with Gasteiger partial charge in [-0.25, -0.2) is 4.98 Å². The molecule has 0 saturated heterocycles. The highest BCUT2D eigenvalue weighted by molar-refractivity contribution is 6.30. The number of halogens is 1. The van der Waals surface area contributed by atoms with Gasteiger partial charge in [-0.1, -0.05) is 23.7 Å². The lowest BCUT2D eigenvalue weighted by molar-refractivity contribution is 0.651. The molecule has 0 amide bonds. The molecule has 1 unspecified atom stereocenters. The molecule has 7 heteroatoms. The highest BCUT2D eigenvalue weighted by Crippen LogP contribution is 2.17. The number of hydrogen-bond donors (Lipinski definition) is 2. The molecule has 0 saturated carbocycles. The molecule has 2 aromatic rings. The van der Waals surface area contributed by atoms with E-state index in [0.717, 1.165) is 16.4 Å². The second-order valence-corrected chi connectivity index (χ2v) is 5.08. The Morgan fingerprint density at radius 2 is 2.29 bits per heavy atom. The van der Waals surface area contributed by atoms with Crippen molar-refractivity contribution in [3.05, 3.63) is 47.0 Å². The molecule has 0 spiro atoms. The quantitative estimate of drug-likeness (QED) is 0.669. The second kappa shape index (κ2) is 7.08. The van der Waals surface area contributed by atoms with E-state index in [0.29, 0.717) is 12.5 Å². The standard InChI is InChI=1S/C14H19ClN6/c1-10(11-5-4-6-12(15)7-11)20-14(16-2)17-8-13-18-9-19-21(13)3/h4-7,9-10H,8H2,1-3H3,(H2,16,17,20). The molecule has 21 heavy (non-hydrogen) atoms. The van der Waals surface area contributed by atoms with Gasteiger partial charge in [-0.2, -0.15) is 5.10 Å². The Morgan fingerprint density at radius 1 is 1.48 bits per heavy atom. The van der Waals surface area contributed by atoms with Crippen LogP contribution in [0.3, 0.4) is 0 Å². The van der Waals surface area contributed by atoms with Gasteiger partial charge in [0.05, 0.1) is 12.6 Å². The average molecular weight is 307 g/mol. The van der Waals surface area contributed by atoms with Crippen molar-refractivity contribution in [3.63, 3.8) is 0 Å². The van der Waals surface area contributed by atoms with Gasteiger partial charge in [0.25, 0.3) is 0 Å². The lowest BCUT2D eigenvalue weighted by Crippen LogP contribution is -2.38. The van der Waals surface area contributed by atoms with Gasteiger partial charge in [-0.05, 0) is 24.6 Å². The minimum absolute atomic E-state index is 0.0920. The Balaban J connectivity index is 1.95. The van der Waals surface area contributed by atoms with Crippen LogP contribution in [0.1, 0.15) is 24.4 Å². The first-order valence-corrected chi connectivity index (χ1v) is 7.03. The molecule has 1 aromatic heterocycles. The molecule has 0 aliphatic heterocycles. The predicted octanol–water partition coefficient (Wildman–Crippen LogP) is 1.89. The number of rotatable bonds is 4. The minimum Gasteiger partial charge on any atom is -0.350 e. The summed E-state index contributed by atoms with van der Waals surface area (Å²) in [6, 6.07) is 7.86. The van der Waals surface area contributed by atoms with Crippen molar-refractivity contribution in [2.75, 3.05) is 7.05 Å².